The molecule has 0 aliphatic heterocycles. The fourth-order valence-electron chi connectivity index (χ4n) is 8.33. The van der Waals surface area contributed by atoms with Crippen LogP contribution in [0.4, 0.5) is 0 Å². The Balaban J connectivity index is 0.000000207. The Morgan fingerprint density at radius 3 is 1.63 bits per heavy atom. The number of aromatic nitrogens is 1. The second-order valence-electron chi connectivity index (χ2n) is 16.0. The van der Waals surface area contributed by atoms with Gasteiger partial charge >= 0.3 is 0 Å². The molecule has 36 radical (unpaired) electrons. The first-order chi connectivity index (χ1) is 33.0. The number of furan rings is 1. The Bertz CT molecular complexity index is 3640. The summed E-state index contributed by atoms with van der Waals surface area (Å²) in [5.74, 6) is 0.701. The summed E-state index contributed by atoms with van der Waals surface area (Å²) in [6.45, 7) is 1.86. The van der Waals surface area contributed by atoms with E-state index in [4.69, 9.17) is 163 Å². The van der Waals surface area contributed by atoms with Crippen LogP contribution in [0, 0.1) is 24.7 Å². The third kappa shape index (κ3) is 8.19. The summed E-state index contributed by atoms with van der Waals surface area (Å²) in [5, 5.41) is 22.0. The number of phenols is 1. The van der Waals surface area contributed by atoms with Crippen molar-refractivity contribution in [1.29, 1.82) is 5.41 Å². The second kappa shape index (κ2) is 19.7. The molecule has 6 nitrogen and oxygen atoms in total. The fourth-order valence-corrected chi connectivity index (χ4v) is 8.33. The summed E-state index contributed by atoms with van der Waals surface area (Å²) in [6, 6.07) is 16.2. The zero-order valence-electron chi connectivity index (χ0n) is 37.6. The van der Waals surface area contributed by atoms with Crippen LogP contribution in [-0.2, 0) is 0 Å². The summed E-state index contributed by atoms with van der Waals surface area (Å²) in [6.07, 6.45) is 5.38. The van der Waals surface area contributed by atoms with Crippen molar-refractivity contribution in [3.05, 3.63) is 81.6 Å². The highest BCUT2D eigenvalue weighted by Gasteiger charge is 2.25. The summed E-state index contributed by atoms with van der Waals surface area (Å²) in [5.41, 5.74) is 9.79. The van der Waals surface area contributed by atoms with Gasteiger partial charge in [0.1, 0.15) is 156 Å². The predicted octanol–water partition coefficient (Wildman–Crippen LogP) is -7.96. The summed E-state index contributed by atoms with van der Waals surface area (Å²) in [7, 11) is 110. The van der Waals surface area contributed by atoms with Crippen LogP contribution in [0.3, 0.4) is 0 Å². The van der Waals surface area contributed by atoms with E-state index in [0.717, 1.165) is 27.4 Å². The molecule has 2 aromatic heterocycles. The van der Waals surface area contributed by atoms with Crippen LogP contribution in [0.5, 0.6) is 5.75 Å². The number of aliphatic imine (C=N–C) groups is 1. The minimum atomic E-state index is -0.574. The molecule has 0 bridgehead atoms. The van der Waals surface area contributed by atoms with E-state index in [0.29, 0.717) is 44.0 Å². The molecular formula is C46H18B18N4O2. The van der Waals surface area contributed by atoms with Crippen LogP contribution < -0.4 is 82.2 Å². The number of benzene rings is 6. The van der Waals surface area contributed by atoms with Gasteiger partial charge in [0.25, 0.3) is 0 Å². The smallest absolute Gasteiger partial charge is 0.162 e. The van der Waals surface area contributed by atoms with Gasteiger partial charge in [0, 0.05) is 32.8 Å². The SMILES string of the molecule is [B]C/C([B])=C([B])\C([B])=C(/C#C)C(=N)N=C(N)c1c([B])c([B])c(-c2c([B])c([B])c([B])c(O)c2[B])c([B])c1[B].[B]c1c(-n2c3ccccc3c3ccccc32)c([B])c2c(oc3c([B])c([B])c([B])c(C)c32)c1[B]. The Hall–Kier alpha value is -5.93. The average Bonchev–Trinajstić information content (AvgIpc) is 3.91. The van der Waals surface area contributed by atoms with Gasteiger partial charge in [-0.15, -0.1) is 33.8 Å². The van der Waals surface area contributed by atoms with Crippen molar-refractivity contribution in [3.8, 4) is 34.9 Å². The molecule has 8 aromatic rings. The number of para-hydroxylation sites is 2. The molecule has 0 atom stereocenters. The number of nitrogens with two attached hydrogens (primary N) is 1. The van der Waals surface area contributed by atoms with Gasteiger partial charge < -0.3 is 19.8 Å². The van der Waals surface area contributed by atoms with Crippen molar-refractivity contribution in [2.45, 2.75) is 13.2 Å². The molecule has 70 heavy (non-hydrogen) atoms. The van der Waals surface area contributed by atoms with Crippen molar-refractivity contribution in [2.75, 3.05) is 0 Å². The maximum Gasteiger partial charge on any atom is 0.162 e. The van der Waals surface area contributed by atoms with Crippen LogP contribution >= 0.6 is 0 Å². The number of hydrogen-bond acceptors (Lipinski definition) is 3. The van der Waals surface area contributed by atoms with Crippen LogP contribution in [0.1, 0.15) is 11.1 Å². The Morgan fingerprint density at radius 2 is 1.10 bits per heavy atom. The van der Waals surface area contributed by atoms with Gasteiger partial charge in [-0.1, -0.05) is 109 Å². The minimum absolute atomic E-state index is 0.0257. The molecule has 0 saturated carbocycles. The van der Waals surface area contributed by atoms with Crippen molar-refractivity contribution < 1.29 is 9.52 Å². The molecule has 288 valence electrons. The standard InChI is InChI=1S/C25H11B6NO.C21H7B12N3O/c1-10-15-16-18(27)23(20(29)22(31)25(16)33-24(15)21(30)19(28)17(10)26)32-13-8-4-2-6-11(13)12-7-3-5-9-14(12)32;1-2-4(9(24)10(25)5(23)3-22)20(34)36-21(35)8-14(29)11(26)6(12(27)15(8)30)7-13(28)17(32)18(33)19(37)16(7)31/h2-9H,1H3;1,37H,3H2,(H3,34,35,36)/b;9-4-,10-5-. The molecular weight excluding hydrogens is 835 g/mol. The van der Waals surface area contributed by atoms with Crippen molar-refractivity contribution >= 4 is 273 Å². The van der Waals surface area contributed by atoms with Crippen molar-refractivity contribution in [3.63, 3.8) is 0 Å². The van der Waals surface area contributed by atoms with E-state index >= 15 is 0 Å². The van der Waals surface area contributed by atoms with E-state index in [9.17, 15) is 5.11 Å². The van der Waals surface area contributed by atoms with Gasteiger partial charge in [-0.2, -0.15) is 0 Å². The largest absolute Gasteiger partial charge is 0.509 e. The lowest BCUT2D eigenvalue weighted by molar-refractivity contribution is 0.484. The number of aryl methyl sites for hydroxylation is 1. The number of phenolic OH excluding ortho intramolecular Hbond substituents is 1. The predicted molar refractivity (Wildman–Crippen MR) is 311 cm³/mol. The van der Waals surface area contributed by atoms with Gasteiger partial charge in [-0.3, -0.25) is 5.41 Å². The molecule has 24 heteroatoms. The normalized spacial score (nSPS) is 12.4. The molecule has 0 amide bonds. The first-order valence-electron chi connectivity index (χ1n) is 20.7. The lowest BCUT2D eigenvalue weighted by atomic mass is 9.58. The fraction of sp³-hybridized carbons (Fsp3) is 0.0435. The van der Waals surface area contributed by atoms with Crippen LogP contribution in [0.2, 0.25) is 6.32 Å². The molecule has 4 N–H and O–H groups in total. The van der Waals surface area contributed by atoms with Gasteiger partial charge in [-0.05, 0) is 41.2 Å². The zero-order chi connectivity index (χ0) is 51.7. The van der Waals surface area contributed by atoms with Crippen molar-refractivity contribution in [2.24, 2.45) is 10.7 Å². The monoisotopic (exact) mass is 856 g/mol. The molecule has 6 aromatic carbocycles. The van der Waals surface area contributed by atoms with Gasteiger partial charge in [0.15, 0.2) is 5.84 Å². The number of fused-ring (bicyclic) bond motifs is 6. The lowest BCUT2D eigenvalue weighted by Crippen LogP contribution is -2.52. The number of nitrogens with zero attached hydrogens (tertiary/aromatic N) is 2. The average molecular weight is 853 g/mol. The number of amidine groups is 2. The highest BCUT2D eigenvalue weighted by atomic mass is 16.3. The molecule has 0 spiro atoms. The Kier molecular flexibility index (Phi) is 14.6. The lowest BCUT2D eigenvalue weighted by Gasteiger charge is -2.27. The maximum atomic E-state index is 10.3. The highest BCUT2D eigenvalue weighted by molar-refractivity contribution is 6.67. The Labute approximate surface area is 430 Å². The molecule has 0 aliphatic rings. The summed E-state index contributed by atoms with van der Waals surface area (Å²) >= 11 is 0. The molecule has 0 fully saturated rings. The van der Waals surface area contributed by atoms with Crippen molar-refractivity contribution in [1.82, 2.24) is 4.57 Å². The first-order valence-corrected chi connectivity index (χ1v) is 20.7. The van der Waals surface area contributed by atoms with E-state index in [-0.39, 0.29) is 111 Å². The van der Waals surface area contributed by atoms with Gasteiger partial charge in [0.2, 0.25) is 0 Å². The molecule has 0 saturated heterocycles. The van der Waals surface area contributed by atoms with Gasteiger partial charge in [-0.25, -0.2) is 4.99 Å². The molecule has 2 heterocycles. The minimum Gasteiger partial charge on any atom is -0.509 e. The van der Waals surface area contributed by atoms with E-state index in [1.165, 1.54) is 0 Å². The summed E-state index contributed by atoms with van der Waals surface area (Å²) < 4.78 is 8.13. The zero-order valence-corrected chi connectivity index (χ0v) is 37.6. The third-order valence-corrected chi connectivity index (χ3v) is 12.2. The van der Waals surface area contributed by atoms with E-state index in [1.54, 1.807) is 0 Å². The van der Waals surface area contributed by atoms with Gasteiger partial charge in [0.05, 0.1) is 24.5 Å². The van der Waals surface area contributed by atoms with E-state index in [1.807, 2.05) is 47.9 Å². The first kappa shape index (κ1) is 51.9. The number of rotatable bonds is 6. The van der Waals surface area contributed by atoms with Crippen LogP contribution in [-0.4, -0.2) is 163 Å². The number of terminal acetylenes is 1. The highest BCUT2D eigenvalue weighted by Crippen LogP contribution is 2.33. The van der Waals surface area contributed by atoms with E-state index in [2.05, 4.69) is 23.0 Å². The molecule has 8 rings (SSSR count). The number of nitrogens with one attached hydrogen (secondary N) is 1. The second-order valence-corrected chi connectivity index (χ2v) is 16.0. The number of aromatic hydroxyl groups is 1. The summed E-state index contributed by atoms with van der Waals surface area (Å²) in [4.78, 5) is 3.94. The topological polar surface area (TPSA) is 101 Å². The number of allylic oxidation sites excluding steroid dienone is 3. The van der Waals surface area contributed by atoms with Crippen LogP contribution in [0.25, 0.3) is 60.6 Å². The van der Waals surface area contributed by atoms with E-state index < -0.39 is 11.6 Å². The maximum absolute atomic E-state index is 10.3. The third-order valence-electron chi connectivity index (χ3n) is 12.2. The van der Waals surface area contributed by atoms with Crippen LogP contribution in [0.15, 0.2) is 79.9 Å². The quantitative estimate of drug-likeness (QED) is 0.0511. The molecule has 0 unspecified atom stereocenters. The number of hydrogen-bond donors (Lipinski definition) is 3. The molecule has 0 aliphatic carbocycles. The Morgan fingerprint density at radius 1 is 0.629 bits per heavy atom.